The van der Waals surface area contributed by atoms with Crippen molar-refractivity contribution in [1.29, 1.82) is 0 Å². The average Bonchev–Trinajstić information content (AvgIpc) is 3.71. The molecule has 0 aliphatic carbocycles. The average molecular weight is 637 g/mol. The number of rotatable bonds is 11. The second-order valence-electron chi connectivity index (χ2n) is 14.1. The van der Waals surface area contributed by atoms with Crippen LogP contribution in [0.5, 0.6) is 0 Å². The SMILES string of the molecule is CCCCCCCCCCn1cc(-c2noc([C@@H]3CCCN3/C(=N\C(=O)OC(C)(C)C)NC(=O)OC(C)(C)C)n2)c2ccccc21. The molecule has 1 aliphatic rings. The topological polar surface area (TPSA) is 124 Å². The van der Waals surface area contributed by atoms with E-state index in [9.17, 15) is 9.59 Å². The van der Waals surface area contributed by atoms with E-state index in [2.05, 4.69) is 51.4 Å². The van der Waals surface area contributed by atoms with Crippen molar-refractivity contribution in [2.75, 3.05) is 6.54 Å². The minimum Gasteiger partial charge on any atom is -0.444 e. The van der Waals surface area contributed by atoms with E-state index in [0.717, 1.165) is 35.9 Å². The van der Waals surface area contributed by atoms with Gasteiger partial charge in [0.2, 0.25) is 17.7 Å². The van der Waals surface area contributed by atoms with Gasteiger partial charge in [-0.1, -0.05) is 75.2 Å². The number of ether oxygens (including phenoxy) is 2. The molecule has 1 aliphatic heterocycles. The number of alkyl carbamates (subject to hydrolysis) is 1. The van der Waals surface area contributed by atoms with Crippen LogP contribution in [0.4, 0.5) is 9.59 Å². The third kappa shape index (κ3) is 10.1. The maximum atomic E-state index is 12.8. The van der Waals surface area contributed by atoms with Gasteiger partial charge >= 0.3 is 12.2 Å². The highest BCUT2D eigenvalue weighted by Crippen LogP contribution is 2.34. The van der Waals surface area contributed by atoms with Crippen molar-refractivity contribution >= 4 is 29.0 Å². The highest BCUT2D eigenvalue weighted by atomic mass is 16.6. The summed E-state index contributed by atoms with van der Waals surface area (Å²) in [5.74, 6) is 0.904. The molecule has 11 heteroatoms. The molecule has 0 bridgehead atoms. The summed E-state index contributed by atoms with van der Waals surface area (Å²) in [6.07, 6.45) is 12.2. The van der Waals surface area contributed by atoms with Crippen LogP contribution in [0.2, 0.25) is 0 Å². The number of guanidine groups is 1. The lowest BCUT2D eigenvalue weighted by atomic mass is 10.1. The van der Waals surface area contributed by atoms with E-state index in [-0.39, 0.29) is 5.96 Å². The van der Waals surface area contributed by atoms with E-state index in [1.54, 1.807) is 46.4 Å². The Morgan fingerprint density at radius 3 is 2.35 bits per heavy atom. The van der Waals surface area contributed by atoms with Crippen molar-refractivity contribution in [3.8, 4) is 11.4 Å². The zero-order valence-corrected chi connectivity index (χ0v) is 28.7. The zero-order chi connectivity index (χ0) is 33.3. The van der Waals surface area contributed by atoms with E-state index in [1.807, 2.05) is 6.07 Å². The second kappa shape index (κ2) is 15.6. The smallest absolute Gasteiger partial charge is 0.437 e. The van der Waals surface area contributed by atoms with E-state index in [4.69, 9.17) is 19.0 Å². The first-order valence-corrected chi connectivity index (χ1v) is 16.8. The third-order valence-electron chi connectivity index (χ3n) is 7.74. The van der Waals surface area contributed by atoms with E-state index < -0.39 is 29.4 Å². The molecule has 1 aromatic carbocycles. The van der Waals surface area contributed by atoms with Gasteiger partial charge in [-0.15, -0.1) is 4.99 Å². The number of fused-ring (bicyclic) bond motifs is 1. The van der Waals surface area contributed by atoms with Crippen molar-refractivity contribution in [3.05, 3.63) is 36.4 Å². The summed E-state index contributed by atoms with van der Waals surface area (Å²) in [6, 6.07) is 7.89. The first-order chi connectivity index (χ1) is 21.8. The molecular weight excluding hydrogens is 584 g/mol. The van der Waals surface area contributed by atoms with Crippen molar-refractivity contribution in [3.63, 3.8) is 0 Å². The molecule has 0 radical (unpaired) electrons. The summed E-state index contributed by atoms with van der Waals surface area (Å²) in [5, 5.41) is 8.11. The van der Waals surface area contributed by atoms with Gasteiger partial charge in [0.05, 0.1) is 0 Å². The molecule has 0 unspecified atom stereocenters. The highest BCUT2D eigenvalue weighted by molar-refractivity contribution is 5.99. The van der Waals surface area contributed by atoms with Crippen molar-refractivity contribution < 1.29 is 23.6 Å². The van der Waals surface area contributed by atoms with Crippen LogP contribution in [-0.4, -0.2) is 55.5 Å². The molecule has 1 N–H and O–H groups in total. The maximum Gasteiger partial charge on any atom is 0.437 e. The number of nitrogens with zero attached hydrogens (tertiary/aromatic N) is 5. The van der Waals surface area contributed by atoms with Gasteiger partial charge < -0.3 is 23.5 Å². The van der Waals surface area contributed by atoms with Crippen LogP contribution in [0.25, 0.3) is 22.3 Å². The maximum absolute atomic E-state index is 12.8. The number of carbonyl (C=O) groups excluding carboxylic acids is 2. The van der Waals surface area contributed by atoms with Crippen LogP contribution in [0.3, 0.4) is 0 Å². The number of nitrogens with one attached hydrogen (secondary N) is 1. The van der Waals surface area contributed by atoms with Gasteiger partial charge in [-0.05, 0) is 66.9 Å². The Morgan fingerprint density at radius 2 is 1.65 bits per heavy atom. The number of aryl methyl sites for hydroxylation is 1. The second-order valence-corrected chi connectivity index (χ2v) is 14.1. The Labute approximate surface area is 273 Å². The van der Waals surface area contributed by atoms with Crippen LogP contribution >= 0.6 is 0 Å². The number of likely N-dealkylation sites (tertiary alicyclic amines) is 1. The number of unbranched alkanes of at least 4 members (excludes halogenated alkanes) is 7. The molecule has 1 fully saturated rings. The summed E-state index contributed by atoms with van der Waals surface area (Å²) in [7, 11) is 0. The summed E-state index contributed by atoms with van der Waals surface area (Å²) < 4.78 is 19.0. The fraction of sp³-hybridized carbons (Fsp3) is 0.629. The minimum absolute atomic E-state index is 0.0210. The van der Waals surface area contributed by atoms with E-state index in [0.29, 0.717) is 24.7 Å². The lowest BCUT2D eigenvalue weighted by Gasteiger charge is -2.27. The quantitative estimate of drug-likeness (QED) is 0.126. The Balaban J connectivity index is 1.52. The molecule has 46 heavy (non-hydrogen) atoms. The van der Waals surface area contributed by atoms with Crippen molar-refractivity contribution in [2.45, 2.75) is 136 Å². The van der Waals surface area contributed by atoms with Gasteiger partial charge in [-0.2, -0.15) is 4.98 Å². The first-order valence-electron chi connectivity index (χ1n) is 16.8. The standard InChI is InChI=1S/C35H52N6O5/c1-8-9-10-11-12-13-14-17-22-40-24-26(25-19-15-16-20-27(25)40)29-36-30(46-39-29)28-21-18-23-41(28)31(37-32(42)44-34(2,3)4)38-33(43)45-35(5,6)7/h15-16,19-20,24,28H,8-14,17-18,21-23H2,1-7H3,(H,37,38,42,43)/t28-/m0/s1. The fourth-order valence-electron chi connectivity index (χ4n) is 5.71. The molecular formula is C35H52N6O5. The van der Waals surface area contributed by atoms with Gasteiger partial charge in [0.1, 0.15) is 17.2 Å². The summed E-state index contributed by atoms with van der Waals surface area (Å²) in [6.45, 7) is 14.3. The first kappa shape index (κ1) is 35.0. The number of amides is 2. The van der Waals surface area contributed by atoms with Gasteiger partial charge in [0.15, 0.2) is 0 Å². The monoisotopic (exact) mass is 636 g/mol. The molecule has 4 rings (SSSR count). The fourth-order valence-corrected chi connectivity index (χ4v) is 5.71. The molecule has 0 saturated carbocycles. The normalized spacial score (nSPS) is 15.8. The lowest BCUT2D eigenvalue weighted by molar-refractivity contribution is 0.0553. The van der Waals surface area contributed by atoms with Crippen LogP contribution in [0.1, 0.15) is 125 Å². The highest BCUT2D eigenvalue weighted by Gasteiger charge is 2.35. The minimum atomic E-state index is -0.820. The van der Waals surface area contributed by atoms with Crippen LogP contribution in [0, 0.1) is 0 Å². The van der Waals surface area contributed by atoms with Gasteiger partial charge in [0, 0.05) is 35.8 Å². The predicted molar refractivity (Wildman–Crippen MR) is 180 cm³/mol. The molecule has 1 saturated heterocycles. The van der Waals surface area contributed by atoms with E-state index in [1.165, 1.54) is 44.9 Å². The van der Waals surface area contributed by atoms with Gasteiger partial charge in [-0.25, -0.2) is 9.59 Å². The number of benzene rings is 1. The molecule has 252 valence electrons. The largest absolute Gasteiger partial charge is 0.444 e. The molecule has 11 nitrogen and oxygen atoms in total. The lowest BCUT2D eigenvalue weighted by Crippen LogP contribution is -2.46. The summed E-state index contributed by atoms with van der Waals surface area (Å²) in [5.41, 5.74) is 0.559. The van der Waals surface area contributed by atoms with Gasteiger partial charge in [-0.3, -0.25) is 5.32 Å². The Bertz CT molecular complexity index is 1480. The Kier molecular flexibility index (Phi) is 11.9. The molecule has 2 amide bonds. The van der Waals surface area contributed by atoms with Gasteiger partial charge in [0.25, 0.3) is 0 Å². The number of aromatic nitrogens is 3. The van der Waals surface area contributed by atoms with Crippen molar-refractivity contribution in [1.82, 2.24) is 24.9 Å². The molecule has 2 aromatic heterocycles. The van der Waals surface area contributed by atoms with E-state index >= 15 is 0 Å². The Morgan fingerprint density at radius 1 is 0.978 bits per heavy atom. The molecule has 3 heterocycles. The Hall–Kier alpha value is -3.89. The molecule has 3 aromatic rings. The van der Waals surface area contributed by atoms with Crippen molar-refractivity contribution in [2.24, 2.45) is 4.99 Å². The number of aliphatic imine (C=N–C) groups is 1. The molecule has 0 spiro atoms. The predicted octanol–water partition coefficient (Wildman–Crippen LogP) is 8.78. The van der Waals surface area contributed by atoms with Crippen LogP contribution in [0.15, 0.2) is 40.0 Å². The summed E-state index contributed by atoms with van der Waals surface area (Å²) >= 11 is 0. The van der Waals surface area contributed by atoms with Crippen LogP contribution in [-0.2, 0) is 16.0 Å². The number of carbonyl (C=O) groups is 2. The summed E-state index contributed by atoms with van der Waals surface area (Å²) in [4.78, 5) is 36.3. The number of para-hydroxylation sites is 1. The zero-order valence-electron chi connectivity index (χ0n) is 28.7. The number of hydrogen-bond acceptors (Lipinski definition) is 7. The number of hydrogen-bond donors (Lipinski definition) is 1. The van der Waals surface area contributed by atoms with Crippen LogP contribution < -0.4 is 5.32 Å². The third-order valence-corrected chi connectivity index (χ3v) is 7.74. The molecule has 1 atom stereocenters.